The first-order valence-electron chi connectivity index (χ1n) is 7.38. The van der Waals surface area contributed by atoms with Crippen molar-refractivity contribution in [3.05, 3.63) is 35.1 Å². The number of hydrogen-bond donors (Lipinski definition) is 2. The molecule has 0 spiro atoms. The van der Waals surface area contributed by atoms with Crippen LogP contribution in [0.25, 0.3) is 0 Å². The fraction of sp³-hybridized carbons (Fsp3) is 0.562. The standard InChI is InChI=1S/C16H26FN3O/c1-4-15(5-2)20(6-7-21-3)11-12-8-13(16(18)19)10-14(17)9-12/h8-10,15H,4-7,11H2,1-3H3,(H3,18,19). The summed E-state index contributed by atoms with van der Waals surface area (Å²) in [6, 6.07) is 5.02. The molecule has 5 heteroatoms. The molecule has 0 unspecified atom stereocenters. The molecular weight excluding hydrogens is 269 g/mol. The average Bonchev–Trinajstić information content (AvgIpc) is 2.45. The number of nitrogens with one attached hydrogen (secondary N) is 1. The van der Waals surface area contributed by atoms with Crippen molar-refractivity contribution in [2.45, 2.75) is 39.3 Å². The minimum absolute atomic E-state index is 0.110. The maximum atomic E-state index is 13.7. The third-order valence-corrected chi connectivity index (χ3v) is 3.70. The minimum atomic E-state index is -0.353. The number of hydrogen-bond acceptors (Lipinski definition) is 3. The van der Waals surface area contributed by atoms with Gasteiger partial charge in [-0.25, -0.2) is 4.39 Å². The van der Waals surface area contributed by atoms with E-state index in [1.54, 1.807) is 13.2 Å². The van der Waals surface area contributed by atoms with Crippen molar-refractivity contribution >= 4 is 5.84 Å². The number of nitrogens with zero attached hydrogens (tertiary/aromatic N) is 1. The lowest BCUT2D eigenvalue weighted by Crippen LogP contribution is -2.36. The Morgan fingerprint density at radius 3 is 2.52 bits per heavy atom. The Morgan fingerprint density at radius 1 is 1.33 bits per heavy atom. The topological polar surface area (TPSA) is 62.3 Å². The molecule has 0 bridgehead atoms. The molecule has 4 nitrogen and oxygen atoms in total. The zero-order valence-electron chi connectivity index (χ0n) is 13.2. The number of nitrogens with two attached hydrogens (primary N) is 1. The van der Waals surface area contributed by atoms with Crippen LogP contribution in [0.4, 0.5) is 4.39 Å². The van der Waals surface area contributed by atoms with Crippen LogP contribution in [0.2, 0.25) is 0 Å². The van der Waals surface area contributed by atoms with Gasteiger partial charge < -0.3 is 10.5 Å². The predicted molar refractivity (Wildman–Crippen MR) is 84.1 cm³/mol. The predicted octanol–water partition coefficient (Wildman–Crippen LogP) is 2.75. The van der Waals surface area contributed by atoms with Crippen molar-refractivity contribution < 1.29 is 9.13 Å². The third kappa shape index (κ3) is 5.44. The van der Waals surface area contributed by atoms with Gasteiger partial charge in [0.15, 0.2) is 0 Å². The van der Waals surface area contributed by atoms with E-state index in [4.69, 9.17) is 15.9 Å². The maximum Gasteiger partial charge on any atom is 0.124 e. The molecule has 0 radical (unpaired) electrons. The van der Waals surface area contributed by atoms with Gasteiger partial charge in [-0.3, -0.25) is 10.3 Å². The van der Waals surface area contributed by atoms with E-state index in [0.717, 1.165) is 24.9 Å². The lowest BCUT2D eigenvalue weighted by atomic mass is 10.1. The van der Waals surface area contributed by atoms with Gasteiger partial charge in [-0.2, -0.15) is 0 Å². The monoisotopic (exact) mass is 295 g/mol. The number of ether oxygens (including phenoxy) is 1. The Balaban J connectivity index is 2.93. The Hall–Kier alpha value is -1.46. The summed E-state index contributed by atoms with van der Waals surface area (Å²) in [7, 11) is 1.68. The second-order valence-electron chi connectivity index (χ2n) is 5.20. The summed E-state index contributed by atoms with van der Waals surface area (Å²) in [6.45, 7) is 6.38. The zero-order valence-corrected chi connectivity index (χ0v) is 13.2. The maximum absolute atomic E-state index is 13.7. The molecule has 118 valence electrons. The number of halogens is 1. The molecular formula is C16H26FN3O. The van der Waals surface area contributed by atoms with Crippen molar-refractivity contribution in [2.75, 3.05) is 20.3 Å². The Bertz CT molecular complexity index is 461. The molecule has 0 aromatic heterocycles. The smallest absolute Gasteiger partial charge is 0.124 e. The van der Waals surface area contributed by atoms with E-state index in [-0.39, 0.29) is 11.7 Å². The van der Waals surface area contributed by atoms with E-state index in [1.807, 2.05) is 0 Å². The molecule has 1 rings (SSSR count). The van der Waals surface area contributed by atoms with Crippen molar-refractivity contribution in [3.8, 4) is 0 Å². The summed E-state index contributed by atoms with van der Waals surface area (Å²) in [4.78, 5) is 2.29. The van der Waals surface area contributed by atoms with Gasteiger partial charge in [0.2, 0.25) is 0 Å². The van der Waals surface area contributed by atoms with Crippen LogP contribution >= 0.6 is 0 Å². The van der Waals surface area contributed by atoms with Crippen LogP contribution in [-0.4, -0.2) is 37.0 Å². The number of rotatable bonds is 9. The van der Waals surface area contributed by atoms with Crippen molar-refractivity contribution in [2.24, 2.45) is 5.73 Å². The average molecular weight is 295 g/mol. The van der Waals surface area contributed by atoms with E-state index in [1.165, 1.54) is 12.1 Å². The number of benzene rings is 1. The normalized spacial score (nSPS) is 11.3. The first kappa shape index (κ1) is 17.6. The van der Waals surface area contributed by atoms with Crippen LogP contribution in [-0.2, 0) is 11.3 Å². The molecule has 0 amide bonds. The molecule has 0 heterocycles. The van der Waals surface area contributed by atoms with Crippen LogP contribution in [0, 0.1) is 11.2 Å². The first-order valence-corrected chi connectivity index (χ1v) is 7.38. The highest BCUT2D eigenvalue weighted by Gasteiger charge is 2.16. The molecule has 0 aliphatic carbocycles. The van der Waals surface area contributed by atoms with Gasteiger partial charge in [-0.05, 0) is 36.6 Å². The number of nitrogen functional groups attached to an aromatic ring is 1. The van der Waals surface area contributed by atoms with Crippen LogP contribution in [0.5, 0.6) is 0 Å². The molecule has 1 aromatic rings. The fourth-order valence-electron chi connectivity index (χ4n) is 2.54. The molecule has 0 aliphatic rings. The van der Waals surface area contributed by atoms with Gasteiger partial charge >= 0.3 is 0 Å². The lowest BCUT2D eigenvalue weighted by molar-refractivity contribution is 0.110. The highest BCUT2D eigenvalue weighted by atomic mass is 19.1. The lowest BCUT2D eigenvalue weighted by Gasteiger charge is -2.30. The van der Waals surface area contributed by atoms with E-state index >= 15 is 0 Å². The Kier molecular flexibility index (Phi) is 7.32. The van der Waals surface area contributed by atoms with E-state index in [9.17, 15) is 4.39 Å². The molecule has 0 atom stereocenters. The number of amidine groups is 1. The first-order chi connectivity index (χ1) is 10.0. The van der Waals surface area contributed by atoms with Gasteiger partial charge in [0, 0.05) is 31.8 Å². The summed E-state index contributed by atoms with van der Waals surface area (Å²) in [5.41, 5.74) is 6.73. The highest BCUT2D eigenvalue weighted by molar-refractivity contribution is 5.95. The highest BCUT2D eigenvalue weighted by Crippen LogP contribution is 2.16. The van der Waals surface area contributed by atoms with Crippen LogP contribution in [0.1, 0.15) is 37.8 Å². The largest absolute Gasteiger partial charge is 0.384 e. The molecule has 21 heavy (non-hydrogen) atoms. The summed E-state index contributed by atoms with van der Waals surface area (Å²) < 4.78 is 18.8. The zero-order chi connectivity index (χ0) is 15.8. The fourth-order valence-corrected chi connectivity index (χ4v) is 2.54. The Morgan fingerprint density at radius 2 is 2.00 bits per heavy atom. The third-order valence-electron chi connectivity index (χ3n) is 3.70. The van der Waals surface area contributed by atoms with Gasteiger partial charge in [0.1, 0.15) is 11.7 Å². The van der Waals surface area contributed by atoms with Crippen LogP contribution in [0.15, 0.2) is 18.2 Å². The molecule has 0 aliphatic heterocycles. The van der Waals surface area contributed by atoms with Gasteiger partial charge in [-0.15, -0.1) is 0 Å². The molecule has 3 N–H and O–H groups in total. The second kappa shape index (κ2) is 8.74. The summed E-state index contributed by atoms with van der Waals surface area (Å²) in [6.07, 6.45) is 2.07. The molecule has 0 saturated heterocycles. The van der Waals surface area contributed by atoms with Crippen molar-refractivity contribution in [3.63, 3.8) is 0 Å². The number of methoxy groups -OCH3 is 1. The quantitative estimate of drug-likeness (QED) is 0.544. The van der Waals surface area contributed by atoms with Gasteiger partial charge in [0.05, 0.1) is 6.61 Å². The van der Waals surface area contributed by atoms with Crippen molar-refractivity contribution in [1.82, 2.24) is 4.90 Å². The minimum Gasteiger partial charge on any atom is -0.384 e. The molecule has 0 fully saturated rings. The van der Waals surface area contributed by atoms with Gasteiger partial charge in [0.25, 0.3) is 0 Å². The molecule has 1 aromatic carbocycles. The summed E-state index contributed by atoms with van der Waals surface area (Å²) in [5.74, 6) is -0.462. The molecule has 0 saturated carbocycles. The van der Waals surface area contributed by atoms with E-state index < -0.39 is 0 Å². The van der Waals surface area contributed by atoms with Crippen molar-refractivity contribution in [1.29, 1.82) is 5.41 Å². The SMILES string of the molecule is CCC(CC)N(CCOC)Cc1cc(F)cc(C(=N)N)c1. The van der Waals surface area contributed by atoms with Crippen LogP contribution in [0.3, 0.4) is 0 Å². The summed E-state index contributed by atoms with van der Waals surface area (Å²) >= 11 is 0. The summed E-state index contributed by atoms with van der Waals surface area (Å²) in [5, 5.41) is 7.46. The van der Waals surface area contributed by atoms with Gasteiger partial charge in [-0.1, -0.05) is 13.8 Å². The van der Waals surface area contributed by atoms with Crippen LogP contribution < -0.4 is 5.73 Å². The van der Waals surface area contributed by atoms with E-state index in [2.05, 4.69) is 18.7 Å². The second-order valence-corrected chi connectivity index (χ2v) is 5.20. The Labute approximate surface area is 126 Å². The van der Waals surface area contributed by atoms with E-state index in [0.29, 0.717) is 24.8 Å².